The molecule has 0 atom stereocenters. The lowest BCUT2D eigenvalue weighted by Gasteiger charge is -2.24. The molecule has 1 rings (SSSR count). The number of hydrogen-bond acceptors (Lipinski definition) is 5. The molecule has 1 N–H and O–H groups in total. The number of rotatable bonds is 10. The number of pyridine rings is 1. The van der Waals surface area contributed by atoms with E-state index in [0.717, 1.165) is 12.3 Å². The number of carbonyl (C=O) groups is 1. The molecule has 0 fully saturated rings. The van der Waals surface area contributed by atoms with Crippen LogP contribution in [0.4, 0.5) is 10.2 Å². The third-order valence-corrected chi connectivity index (χ3v) is 2.78. The normalized spacial score (nSPS) is 10.6. The van der Waals surface area contributed by atoms with E-state index in [2.05, 4.69) is 4.98 Å². The van der Waals surface area contributed by atoms with E-state index in [0.29, 0.717) is 39.5 Å². The van der Waals surface area contributed by atoms with Crippen LogP contribution < -0.4 is 4.90 Å². The van der Waals surface area contributed by atoms with E-state index in [1.54, 1.807) is 4.90 Å². The van der Waals surface area contributed by atoms with Gasteiger partial charge in [0.2, 0.25) is 0 Å². The van der Waals surface area contributed by atoms with Gasteiger partial charge in [-0.05, 0) is 19.9 Å². The van der Waals surface area contributed by atoms with Gasteiger partial charge in [-0.15, -0.1) is 0 Å². The van der Waals surface area contributed by atoms with Gasteiger partial charge in [-0.25, -0.2) is 14.2 Å². The van der Waals surface area contributed by atoms with Crippen LogP contribution in [0.5, 0.6) is 0 Å². The zero-order valence-corrected chi connectivity index (χ0v) is 12.3. The molecule has 0 spiro atoms. The van der Waals surface area contributed by atoms with Gasteiger partial charge in [-0.3, -0.25) is 0 Å². The molecule has 1 aromatic rings. The highest BCUT2D eigenvalue weighted by molar-refractivity contribution is 5.93. The predicted molar refractivity (Wildman–Crippen MR) is 76.4 cm³/mol. The van der Waals surface area contributed by atoms with Crippen molar-refractivity contribution in [2.45, 2.75) is 13.8 Å². The van der Waals surface area contributed by atoms with Crippen molar-refractivity contribution in [2.75, 3.05) is 44.4 Å². The summed E-state index contributed by atoms with van der Waals surface area (Å²) in [6.07, 6.45) is 1.01. The van der Waals surface area contributed by atoms with E-state index in [9.17, 15) is 14.3 Å². The lowest BCUT2D eigenvalue weighted by molar-refractivity contribution is 0.0696. The molecule has 0 radical (unpaired) electrons. The average Bonchev–Trinajstić information content (AvgIpc) is 2.46. The third-order valence-electron chi connectivity index (χ3n) is 2.78. The molecule has 0 saturated carbocycles. The topological polar surface area (TPSA) is 71.9 Å². The largest absolute Gasteiger partial charge is 0.478 e. The minimum atomic E-state index is -1.21. The highest BCUT2D eigenvalue weighted by atomic mass is 19.1. The molecule has 1 heterocycles. The zero-order chi connectivity index (χ0) is 15.7. The van der Waals surface area contributed by atoms with Crippen LogP contribution in [0.3, 0.4) is 0 Å². The van der Waals surface area contributed by atoms with Gasteiger partial charge in [0.1, 0.15) is 17.2 Å². The first-order valence-electron chi connectivity index (χ1n) is 6.89. The Kier molecular flexibility index (Phi) is 7.63. The van der Waals surface area contributed by atoms with E-state index in [1.165, 1.54) is 0 Å². The van der Waals surface area contributed by atoms with Gasteiger partial charge >= 0.3 is 5.97 Å². The smallest absolute Gasteiger partial charge is 0.339 e. The molecule has 0 aliphatic heterocycles. The molecule has 0 unspecified atom stereocenters. The van der Waals surface area contributed by atoms with Crippen molar-refractivity contribution in [3.05, 3.63) is 23.6 Å². The molecule has 1 aromatic heterocycles. The lowest BCUT2D eigenvalue weighted by Crippen LogP contribution is -2.33. The van der Waals surface area contributed by atoms with Gasteiger partial charge in [0.25, 0.3) is 0 Å². The van der Waals surface area contributed by atoms with Gasteiger partial charge in [0.15, 0.2) is 0 Å². The molecule has 6 nitrogen and oxygen atoms in total. The summed E-state index contributed by atoms with van der Waals surface area (Å²) in [5.74, 6) is -1.66. The molecular weight excluding hydrogens is 279 g/mol. The van der Waals surface area contributed by atoms with Gasteiger partial charge in [0.05, 0.1) is 19.4 Å². The Morgan fingerprint density at radius 1 is 1.29 bits per heavy atom. The highest BCUT2D eigenvalue weighted by Crippen LogP contribution is 2.18. The van der Waals surface area contributed by atoms with Gasteiger partial charge in [-0.2, -0.15) is 0 Å². The summed E-state index contributed by atoms with van der Waals surface area (Å²) >= 11 is 0. The van der Waals surface area contributed by atoms with Crippen molar-refractivity contribution >= 4 is 11.8 Å². The maximum absolute atomic E-state index is 13.2. The highest BCUT2D eigenvalue weighted by Gasteiger charge is 2.18. The van der Waals surface area contributed by atoms with Crippen LogP contribution in [0.2, 0.25) is 0 Å². The summed E-state index contributed by atoms with van der Waals surface area (Å²) in [4.78, 5) is 16.9. The van der Waals surface area contributed by atoms with Crippen LogP contribution in [0.25, 0.3) is 0 Å². The van der Waals surface area contributed by atoms with Crippen LogP contribution in [-0.2, 0) is 9.47 Å². The molecule has 0 aromatic carbocycles. The van der Waals surface area contributed by atoms with Crippen LogP contribution in [0.15, 0.2) is 12.3 Å². The lowest BCUT2D eigenvalue weighted by atomic mass is 10.2. The SMILES string of the molecule is CCOCCN(CCOCC)c1ncc(F)cc1C(=O)O. The van der Waals surface area contributed by atoms with E-state index in [-0.39, 0.29) is 11.4 Å². The van der Waals surface area contributed by atoms with Crippen LogP contribution in [-0.4, -0.2) is 55.6 Å². The fraction of sp³-hybridized carbons (Fsp3) is 0.571. The number of aromatic nitrogens is 1. The third kappa shape index (κ3) is 5.65. The molecule has 7 heteroatoms. The Morgan fingerprint density at radius 3 is 2.33 bits per heavy atom. The first-order valence-corrected chi connectivity index (χ1v) is 6.89. The number of nitrogens with zero attached hydrogens (tertiary/aromatic N) is 2. The fourth-order valence-corrected chi connectivity index (χ4v) is 1.80. The van der Waals surface area contributed by atoms with Crippen LogP contribution in [0, 0.1) is 5.82 Å². The Bertz CT molecular complexity index is 447. The molecule has 0 amide bonds. The number of anilines is 1. The Labute approximate surface area is 123 Å². The number of carboxylic acids is 1. The van der Waals surface area contributed by atoms with Gasteiger partial charge in [-0.1, -0.05) is 0 Å². The molecule has 0 bridgehead atoms. The second-order valence-corrected chi connectivity index (χ2v) is 4.21. The van der Waals surface area contributed by atoms with Crippen molar-refractivity contribution in [1.82, 2.24) is 4.98 Å². The molecule has 0 saturated heterocycles. The Hall–Kier alpha value is -1.73. The standard InChI is InChI=1S/C14H21FN2O4/c1-3-20-7-5-17(6-8-21-4-2)13-12(14(18)19)9-11(15)10-16-13/h9-10H,3-8H2,1-2H3,(H,18,19). The maximum atomic E-state index is 13.2. The second kappa shape index (κ2) is 9.25. The predicted octanol–water partition coefficient (Wildman–Crippen LogP) is 1.80. The van der Waals surface area contributed by atoms with E-state index in [4.69, 9.17) is 9.47 Å². The number of aromatic carboxylic acids is 1. The Morgan fingerprint density at radius 2 is 1.86 bits per heavy atom. The Balaban J connectivity index is 2.91. The molecule has 21 heavy (non-hydrogen) atoms. The summed E-state index contributed by atoms with van der Waals surface area (Å²) in [5, 5.41) is 9.19. The zero-order valence-electron chi connectivity index (χ0n) is 12.3. The van der Waals surface area contributed by atoms with E-state index >= 15 is 0 Å². The molecular formula is C14H21FN2O4. The monoisotopic (exact) mass is 300 g/mol. The van der Waals surface area contributed by atoms with Crippen molar-refractivity contribution in [3.8, 4) is 0 Å². The summed E-state index contributed by atoms with van der Waals surface area (Å²) in [7, 11) is 0. The van der Waals surface area contributed by atoms with Crippen molar-refractivity contribution in [1.29, 1.82) is 0 Å². The molecule has 0 aliphatic carbocycles. The minimum Gasteiger partial charge on any atom is -0.478 e. The van der Waals surface area contributed by atoms with Gasteiger partial charge in [0, 0.05) is 26.3 Å². The van der Waals surface area contributed by atoms with Crippen molar-refractivity contribution in [2.24, 2.45) is 0 Å². The summed E-state index contributed by atoms with van der Waals surface area (Å²) < 4.78 is 23.8. The quantitative estimate of drug-likeness (QED) is 0.664. The number of carboxylic acid groups (broad SMARTS) is 1. The fourth-order valence-electron chi connectivity index (χ4n) is 1.80. The van der Waals surface area contributed by atoms with Crippen LogP contribution >= 0.6 is 0 Å². The summed E-state index contributed by atoms with van der Waals surface area (Å²) in [6, 6.07) is 0.971. The molecule has 118 valence electrons. The number of halogens is 1. The van der Waals surface area contributed by atoms with Crippen molar-refractivity contribution < 1.29 is 23.8 Å². The number of hydrogen-bond donors (Lipinski definition) is 1. The average molecular weight is 300 g/mol. The van der Waals surface area contributed by atoms with Crippen LogP contribution in [0.1, 0.15) is 24.2 Å². The number of ether oxygens (including phenoxy) is 2. The van der Waals surface area contributed by atoms with Gasteiger partial charge < -0.3 is 19.5 Å². The summed E-state index contributed by atoms with van der Waals surface area (Å²) in [5.41, 5.74) is -0.164. The second-order valence-electron chi connectivity index (χ2n) is 4.21. The maximum Gasteiger partial charge on any atom is 0.339 e. The first-order chi connectivity index (χ1) is 10.1. The van der Waals surface area contributed by atoms with E-state index < -0.39 is 11.8 Å². The van der Waals surface area contributed by atoms with Crippen molar-refractivity contribution in [3.63, 3.8) is 0 Å². The molecule has 0 aliphatic rings. The first kappa shape index (κ1) is 17.3. The summed E-state index contributed by atoms with van der Waals surface area (Å²) in [6.45, 7) is 6.68. The minimum absolute atomic E-state index is 0.164. The van der Waals surface area contributed by atoms with E-state index in [1.807, 2.05) is 13.8 Å².